The van der Waals surface area contributed by atoms with Gasteiger partial charge in [0.05, 0.1) is 0 Å². The van der Waals surface area contributed by atoms with Gasteiger partial charge in [-0.25, -0.2) is 4.98 Å². The molecule has 0 radical (unpaired) electrons. The highest BCUT2D eigenvalue weighted by atomic mass is 16.4. The summed E-state index contributed by atoms with van der Waals surface area (Å²) in [5, 5.41) is 9.67. The molecular formula is C20H21NO3. The molecule has 3 rings (SSSR count). The molecule has 24 heavy (non-hydrogen) atoms. The summed E-state index contributed by atoms with van der Waals surface area (Å²) in [6.07, 6.45) is 0.734. The lowest BCUT2D eigenvalue weighted by molar-refractivity contribution is -0.137. The Bertz CT molecular complexity index is 859. The van der Waals surface area contributed by atoms with Crippen molar-refractivity contribution >= 4 is 17.1 Å². The van der Waals surface area contributed by atoms with E-state index in [1.165, 1.54) is 0 Å². The lowest BCUT2D eigenvalue weighted by Crippen LogP contribution is -2.12. The molecule has 124 valence electrons. The van der Waals surface area contributed by atoms with Crippen molar-refractivity contribution < 1.29 is 14.3 Å². The zero-order valence-electron chi connectivity index (χ0n) is 14.1. The van der Waals surface area contributed by atoms with Crippen LogP contribution in [-0.4, -0.2) is 16.1 Å². The molecule has 0 aliphatic heterocycles. The van der Waals surface area contributed by atoms with Crippen molar-refractivity contribution in [1.29, 1.82) is 0 Å². The Morgan fingerprint density at radius 1 is 1.12 bits per heavy atom. The Labute approximate surface area is 141 Å². The Kier molecular flexibility index (Phi) is 4.14. The zero-order valence-corrected chi connectivity index (χ0v) is 14.1. The van der Waals surface area contributed by atoms with Crippen LogP contribution in [0.2, 0.25) is 0 Å². The lowest BCUT2D eigenvalue weighted by atomic mass is 9.91. The fourth-order valence-electron chi connectivity index (χ4n) is 2.82. The van der Waals surface area contributed by atoms with Crippen LogP contribution in [0.4, 0.5) is 0 Å². The zero-order chi connectivity index (χ0) is 17.3. The van der Waals surface area contributed by atoms with Crippen LogP contribution in [0.15, 0.2) is 52.9 Å². The maximum absolute atomic E-state index is 11.8. The lowest BCUT2D eigenvalue weighted by Gasteiger charge is -2.14. The van der Waals surface area contributed by atoms with Crippen molar-refractivity contribution in [1.82, 2.24) is 4.98 Å². The maximum Gasteiger partial charge on any atom is 0.315 e. The third kappa shape index (κ3) is 3.48. The van der Waals surface area contributed by atoms with Crippen LogP contribution >= 0.6 is 0 Å². The normalized spacial score (nSPS) is 13.1. The number of carboxylic acid groups (broad SMARTS) is 1. The first-order valence-corrected chi connectivity index (χ1v) is 8.01. The van der Waals surface area contributed by atoms with Gasteiger partial charge >= 0.3 is 5.97 Å². The number of benzene rings is 2. The van der Waals surface area contributed by atoms with Gasteiger partial charge in [-0.3, -0.25) is 4.79 Å². The SMILES string of the molecule is CC(C)(C)Cc1nc2cc(C(C(=O)O)c3ccccc3)ccc2o1. The second kappa shape index (κ2) is 6.11. The monoisotopic (exact) mass is 323 g/mol. The minimum Gasteiger partial charge on any atom is -0.481 e. The largest absolute Gasteiger partial charge is 0.481 e. The molecule has 0 saturated carbocycles. The summed E-state index contributed by atoms with van der Waals surface area (Å²) in [5.74, 6) is -0.904. The van der Waals surface area contributed by atoms with Crippen molar-refractivity contribution in [2.24, 2.45) is 5.41 Å². The van der Waals surface area contributed by atoms with Gasteiger partial charge in [-0.2, -0.15) is 0 Å². The first-order valence-electron chi connectivity index (χ1n) is 8.01. The summed E-state index contributed by atoms with van der Waals surface area (Å²) in [6.45, 7) is 6.38. The van der Waals surface area contributed by atoms with Crippen molar-refractivity contribution in [3.63, 3.8) is 0 Å². The van der Waals surface area contributed by atoms with E-state index in [-0.39, 0.29) is 5.41 Å². The summed E-state index contributed by atoms with van der Waals surface area (Å²) < 4.78 is 5.79. The third-order valence-electron chi connectivity index (χ3n) is 3.85. The molecule has 1 atom stereocenters. The number of fused-ring (bicyclic) bond motifs is 1. The number of hydrogen-bond donors (Lipinski definition) is 1. The van der Waals surface area contributed by atoms with Gasteiger partial charge in [0.15, 0.2) is 11.5 Å². The predicted molar refractivity (Wildman–Crippen MR) is 93.1 cm³/mol. The van der Waals surface area contributed by atoms with E-state index in [0.717, 1.165) is 12.0 Å². The van der Waals surface area contributed by atoms with Crippen LogP contribution in [0.1, 0.15) is 43.7 Å². The summed E-state index contributed by atoms with van der Waals surface area (Å²) in [6, 6.07) is 14.7. The molecule has 0 amide bonds. The van der Waals surface area contributed by atoms with Crippen LogP contribution in [0.25, 0.3) is 11.1 Å². The molecule has 1 aromatic heterocycles. The molecule has 1 N–H and O–H groups in total. The highest BCUT2D eigenvalue weighted by molar-refractivity contribution is 5.83. The van der Waals surface area contributed by atoms with Crippen LogP contribution in [-0.2, 0) is 11.2 Å². The molecule has 3 aromatic rings. The number of nitrogens with zero attached hydrogens (tertiary/aromatic N) is 1. The van der Waals surface area contributed by atoms with E-state index in [1.807, 2.05) is 42.5 Å². The summed E-state index contributed by atoms with van der Waals surface area (Å²) in [7, 11) is 0. The summed E-state index contributed by atoms with van der Waals surface area (Å²) in [5.41, 5.74) is 2.93. The number of carbonyl (C=O) groups is 1. The van der Waals surface area contributed by atoms with Crippen LogP contribution in [0, 0.1) is 5.41 Å². The van der Waals surface area contributed by atoms with Gasteiger partial charge in [0, 0.05) is 6.42 Å². The number of rotatable bonds is 4. The number of aromatic nitrogens is 1. The molecule has 0 spiro atoms. The van der Waals surface area contributed by atoms with E-state index in [4.69, 9.17) is 4.42 Å². The second-order valence-corrected chi connectivity index (χ2v) is 7.25. The fraction of sp³-hybridized carbons (Fsp3) is 0.300. The molecule has 0 bridgehead atoms. The molecule has 0 saturated heterocycles. The smallest absolute Gasteiger partial charge is 0.315 e. The van der Waals surface area contributed by atoms with Gasteiger partial charge in [0.2, 0.25) is 0 Å². The summed E-state index contributed by atoms with van der Waals surface area (Å²) in [4.78, 5) is 16.3. The fourth-order valence-corrected chi connectivity index (χ4v) is 2.82. The average Bonchev–Trinajstić information content (AvgIpc) is 2.87. The van der Waals surface area contributed by atoms with E-state index in [2.05, 4.69) is 25.8 Å². The van der Waals surface area contributed by atoms with E-state index < -0.39 is 11.9 Å². The van der Waals surface area contributed by atoms with Crippen molar-refractivity contribution in [3.8, 4) is 0 Å². The third-order valence-corrected chi connectivity index (χ3v) is 3.85. The van der Waals surface area contributed by atoms with Gasteiger partial charge in [-0.05, 0) is 28.7 Å². The van der Waals surface area contributed by atoms with Crippen molar-refractivity contribution in [2.75, 3.05) is 0 Å². The topological polar surface area (TPSA) is 63.3 Å². The highest BCUT2D eigenvalue weighted by Crippen LogP contribution is 2.29. The summed E-state index contributed by atoms with van der Waals surface area (Å²) >= 11 is 0. The first-order chi connectivity index (χ1) is 11.3. The Morgan fingerprint density at radius 2 is 1.83 bits per heavy atom. The van der Waals surface area contributed by atoms with Crippen molar-refractivity contribution in [3.05, 3.63) is 65.5 Å². The number of carboxylic acids is 1. The number of hydrogen-bond acceptors (Lipinski definition) is 3. The van der Waals surface area contributed by atoms with Gasteiger partial charge in [0.1, 0.15) is 11.4 Å². The molecule has 0 fully saturated rings. The van der Waals surface area contributed by atoms with Gasteiger partial charge in [0.25, 0.3) is 0 Å². The highest BCUT2D eigenvalue weighted by Gasteiger charge is 2.23. The van der Waals surface area contributed by atoms with E-state index in [1.54, 1.807) is 6.07 Å². The molecule has 1 heterocycles. The van der Waals surface area contributed by atoms with Gasteiger partial charge < -0.3 is 9.52 Å². The second-order valence-electron chi connectivity index (χ2n) is 7.25. The quantitative estimate of drug-likeness (QED) is 0.760. The van der Waals surface area contributed by atoms with Crippen molar-refractivity contribution in [2.45, 2.75) is 33.1 Å². The molecule has 1 unspecified atom stereocenters. The van der Waals surface area contributed by atoms with Crippen LogP contribution in [0.3, 0.4) is 0 Å². The van der Waals surface area contributed by atoms with E-state index in [0.29, 0.717) is 22.6 Å². The molecule has 2 aromatic carbocycles. The van der Waals surface area contributed by atoms with Gasteiger partial charge in [-0.15, -0.1) is 0 Å². The Morgan fingerprint density at radius 3 is 2.46 bits per heavy atom. The maximum atomic E-state index is 11.8. The molecule has 4 heteroatoms. The van der Waals surface area contributed by atoms with E-state index >= 15 is 0 Å². The number of oxazole rings is 1. The van der Waals surface area contributed by atoms with Crippen LogP contribution < -0.4 is 0 Å². The predicted octanol–water partition coefficient (Wildman–Crippen LogP) is 4.63. The first kappa shape index (κ1) is 16.2. The van der Waals surface area contributed by atoms with Crippen LogP contribution in [0.5, 0.6) is 0 Å². The minimum absolute atomic E-state index is 0.0807. The van der Waals surface area contributed by atoms with E-state index in [9.17, 15) is 9.90 Å². The standard InChI is InChI=1S/C20H21NO3/c1-20(2,3)12-17-21-15-11-14(9-10-16(15)24-17)18(19(22)23)13-7-5-4-6-8-13/h4-11,18H,12H2,1-3H3,(H,22,23). The minimum atomic E-state index is -0.876. The Balaban J connectivity index is 2.01. The molecule has 0 aliphatic carbocycles. The molecule has 4 nitrogen and oxygen atoms in total. The number of aliphatic carboxylic acids is 1. The Hall–Kier alpha value is -2.62. The average molecular weight is 323 g/mol. The molecule has 0 aliphatic rings. The molecular weight excluding hydrogens is 302 g/mol. The van der Waals surface area contributed by atoms with Gasteiger partial charge in [-0.1, -0.05) is 57.2 Å².